The molecule has 0 fully saturated rings. The zero-order valence-corrected chi connectivity index (χ0v) is 43.5. The quantitative estimate of drug-likeness (QED) is 0.135. The maximum Gasteiger partial charge on any atom is 0.147 e. The number of halogens is 2. The lowest BCUT2D eigenvalue weighted by atomic mass is 9.67. The summed E-state index contributed by atoms with van der Waals surface area (Å²) in [7, 11) is 0. The number of hydrogen-bond acceptors (Lipinski definition) is 2. The highest BCUT2D eigenvalue weighted by Crippen LogP contribution is 2.53. The van der Waals surface area contributed by atoms with Crippen LogP contribution in [0.4, 0.5) is 31.5 Å². The van der Waals surface area contributed by atoms with Crippen molar-refractivity contribution in [3.05, 3.63) is 297 Å². The molecule has 4 heteroatoms. The largest absolute Gasteiger partial charge is 0.327 e. The molecule has 0 aliphatic heterocycles. The van der Waals surface area contributed by atoms with E-state index in [4.69, 9.17) is 0 Å². The van der Waals surface area contributed by atoms with E-state index < -0.39 is 6.04 Å². The molecule has 2 unspecified atom stereocenters. The fourth-order valence-electron chi connectivity index (χ4n) is 12.1. The standard InChI is InChI=1S/C71H58F2N2/c1-43-13-12-14-54(34-43)60-41-52(55-35-44(2)31-45(3)36-55)23-29-66(60)74(68-17-10-8-15-62(68)72)64-27-21-50-20-26-59-65(28-22-51-19-25-58(64)70(50)71(51)59)75(69-18-11-9-16-63(69)73)67-30-24-53(56-37-46(4)32-47(5)38-56)42-61(67)57-39-48(6)33-49(7)40-57/h8-42,64,71H,1-7H3. The number of hydrogen-bond donors (Lipinski definition) is 0. The molecule has 0 radical (unpaired) electrons. The Morgan fingerprint density at radius 1 is 0.387 bits per heavy atom. The number of anilines is 4. The van der Waals surface area contributed by atoms with E-state index in [1.807, 2.05) is 24.3 Å². The van der Waals surface area contributed by atoms with E-state index >= 15 is 8.78 Å². The molecule has 0 amide bonds. The van der Waals surface area contributed by atoms with Gasteiger partial charge in [-0.1, -0.05) is 197 Å². The van der Waals surface area contributed by atoms with Crippen LogP contribution in [0.2, 0.25) is 0 Å². The summed E-state index contributed by atoms with van der Waals surface area (Å²) < 4.78 is 33.7. The van der Waals surface area contributed by atoms with Crippen LogP contribution in [-0.4, -0.2) is 6.04 Å². The van der Waals surface area contributed by atoms with Gasteiger partial charge in [-0.2, -0.15) is 0 Å². The maximum atomic E-state index is 16.9. The lowest BCUT2D eigenvalue weighted by molar-refractivity contribution is 0.622. The summed E-state index contributed by atoms with van der Waals surface area (Å²) in [5, 5.41) is 0. The average molecular weight is 977 g/mol. The molecule has 0 saturated carbocycles. The van der Waals surface area contributed by atoms with Crippen molar-refractivity contribution in [2.24, 2.45) is 5.92 Å². The average Bonchev–Trinajstić information content (AvgIpc) is 3.39. The summed E-state index contributed by atoms with van der Waals surface area (Å²) >= 11 is 0. The second-order valence-corrected chi connectivity index (χ2v) is 21.0. The van der Waals surface area contributed by atoms with Crippen LogP contribution in [0, 0.1) is 66.0 Å². The van der Waals surface area contributed by atoms with Gasteiger partial charge >= 0.3 is 0 Å². The van der Waals surface area contributed by atoms with E-state index in [9.17, 15) is 0 Å². The van der Waals surface area contributed by atoms with Crippen LogP contribution in [0.1, 0.15) is 38.9 Å². The SMILES string of the molecule is Cc1cc(C)cc(-c2ccc(N(C3=C4C=CC5=C6C(=CC=C(C=C3)C46)C(N(c3ccccc3F)c3ccc(-c4cc(C)cc(C)c4)cc3-c3cccc(C)c3)C=C5)c3ccccc3F)c(-c3cc(C)cc(C)c3)c2)c1. The molecule has 8 aromatic carbocycles. The Morgan fingerprint density at radius 3 is 1.53 bits per heavy atom. The molecular formula is C71H58F2N2. The van der Waals surface area contributed by atoms with Crippen LogP contribution < -0.4 is 9.80 Å². The molecule has 0 saturated heterocycles. The zero-order chi connectivity index (χ0) is 51.6. The molecule has 366 valence electrons. The fraction of sp³-hybridized carbons (Fsp3) is 0.127. The van der Waals surface area contributed by atoms with E-state index in [2.05, 4.69) is 222 Å². The monoisotopic (exact) mass is 976 g/mol. The van der Waals surface area contributed by atoms with Gasteiger partial charge in [-0.25, -0.2) is 8.78 Å². The van der Waals surface area contributed by atoms with Crippen LogP contribution in [0.25, 0.3) is 44.5 Å². The lowest BCUT2D eigenvalue weighted by Crippen LogP contribution is -2.38. The fourth-order valence-corrected chi connectivity index (χ4v) is 12.1. The van der Waals surface area contributed by atoms with E-state index in [0.29, 0.717) is 11.4 Å². The maximum absolute atomic E-state index is 16.9. The summed E-state index contributed by atoms with van der Waals surface area (Å²) in [6, 6.07) is 55.7. The second-order valence-electron chi connectivity index (χ2n) is 21.0. The highest BCUT2D eigenvalue weighted by molar-refractivity contribution is 5.92. The number of benzene rings is 8. The van der Waals surface area contributed by atoms with Crippen molar-refractivity contribution < 1.29 is 8.78 Å². The first-order valence-electron chi connectivity index (χ1n) is 26.0. The van der Waals surface area contributed by atoms with Crippen LogP contribution in [0.5, 0.6) is 0 Å². The van der Waals surface area contributed by atoms with Gasteiger partial charge in [0.05, 0.1) is 28.8 Å². The van der Waals surface area contributed by atoms with Gasteiger partial charge in [0.2, 0.25) is 0 Å². The summed E-state index contributed by atoms with van der Waals surface area (Å²) in [4.78, 5) is 4.33. The van der Waals surface area contributed by atoms with Crippen molar-refractivity contribution >= 4 is 22.7 Å². The van der Waals surface area contributed by atoms with Gasteiger partial charge in [0.1, 0.15) is 11.6 Å². The zero-order valence-electron chi connectivity index (χ0n) is 43.5. The summed E-state index contributed by atoms with van der Waals surface area (Å²) in [5.74, 6) is -0.803. The van der Waals surface area contributed by atoms with Gasteiger partial charge in [-0.05, 0) is 164 Å². The van der Waals surface area contributed by atoms with Crippen LogP contribution in [0.3, 0.4) is 0 Å². The number of para-hydroxylation sites is 2. The van der Waals surface area contributed by atoms with Crippen LogP contribution in [0.15, 0.2) is 246 Å². The van der Waals surface area contributed by atoms with Gasteiger partial charge in [-0.3, -0.25) is 0 Å². The Balaban J connectivity index is 1.03. The second kappa shape index (κ2) is 19.0. The predicted molar refractivity (Wildman–Crippen MR) is 310 cm³/mol. The van der Waals surface area contributed by atoms with E-state index in [0.717, 1.165) is 106 Å². The number of allylic oxidation sites excluding steroid dienone is 10. The van der Waals surface area contributed by atoms with Crippen molar-refractivity contribution in [1.82, 2.24) is 0 Å². The van der Waals surface area contributed by atoms with Gasteiger partial charge in [0.15, 0.2) is 0 Å². The predicted octanol–water partition coefficient (Wildman–Crippen LogP) is 18.9. The van der Waals surface area contributed by atoms with Crippen molar-refractivity contribution in [1.29, 1.82) is 0 Å². The Labute approximate surface area is 440 Å². The van der Waals surface area contributed by atoms with Gasteiger partial charge in [0.25, 0.3) is 0 Å². The van der Waals surface area contributed by atoms with Crippen molar-refractivity contribution in [2.75, 3.05) is 9.80 Å². The normalized spacial score (nSPS) is 16.2. The highest BCUT2D eigenvalue weighted by Gasteiger charge is 2.41. The summed E-state index contributed by atoms with van der Waals surface area (Å²) in [6.45, 7) is 14.9. The van der Waals surface area contributed by atoms with Crippen LogP contribution in [-0.2, 0) is 0 Å². The minimum absolute atomic E-state index is 0.184. The number of nitrogens with zero attached hydrogens (tertiary/aromatic N) is 2. The first-order valence-corrected chi connectivity index (χ1v) is 26.0. The van der Waals surface area contributed by atoms with Gasteiger partial charge in [-0.15, -0.1) is 0 Å². The third-order valence-electron chi connectivity index (χ3n) is 15.1. The van der Waals surface area contributed by atoms with E-state index in [1.54, 1.807) is 24.3 Å². The molecule has 0 bridgehead atoms. The molecule has 2 atom stereocenters. The number of rotatable bonds is 10. The molecule has 0 spiro atoms. The molecule has 8 aromatic rings. The minimum atomic E-state index is -0.396. The third kappa shape index (κ3) is 8.74. The van der Waals surface area contributed by atoms with Crippen molar-refractivity contribution in [3.8, 4) is 44.5 Å². The molecule has 4 aliphatic rings. The van der Waals surface area contributed by atoms with Crippen LogP contribution >= 0.6 is 0 Å². The van der Waals surface area contributed by atoms with Crippen molar-refractivity contribution in [2.45, 2.75) is 54.5 Å². The summed E-state index contributed by atoms with van der Waals surface area (Å²) in [5.41, 5.74) is 26.0. The van der Waals surface area contributed by atoms with Crippen molar-refractivity contribution in [3.63, 3.8) is 0 Å². The lowest BCUT2D eigenvalue weighted by Gasteiger charge is -2.44. The van der Waals surface area contributed by atoms with E-state index in [1.165, 1.54) is 22.3 Å². The molecule has 4 aliphatic carbocycles. The van der Waals surface area contributed by atoms with Gasteiger partial charge in [0, 0.05) is 22.7 Å². The molecular weight excluding hydrogens is 919 g/mol. The first kappa shape index (κ1) is 47.4. The number of aryl methyl sites for hydroxylation is 7. The molecule has 0 N–H and O–H groups in total. The minimum Gasteiger partial charge on any atom is -0.327 e. The Morgan fingerprint density at radius 2 is 0.933 bits per heavy atom. The Kier molecular flexibility index (Phi) is 12.0. The molecule has 0 heterocycles. The third-order valence-corrected chi connectivity index (χ3v) is 15.1. The van der Waals surface area contributed by atoms with Gasteiger partial charge < -0.3 is 9.80 Å². The van der Waals surface area contributed by atoms with E-state index in [-0.39, 0.29) is 17.6 Å². The molecule has 0 aromatic heterocycles. The first-order chi connectivity index (χ1) is 36.3. The molecule has 2 nitrogen and oxygen atoms in total. The Bertz CT molecular complexity index is 3850. The molecule has 75 heavy (non-hydrogen) atoms. The molecule has 12 rings (SSSR count). The highest BCUT2D eigenvalue weighted by atomic mass is 19.1. The summed E-state index contributed by atoms with van der Waals surface area (Å²) in [6.07, 6.45) is 17.7. The Hall–Kier alpha value is -8.60. The topological polar surface area (TPSA) is 6.48 Å². The smallest absolute Gasteiger partial charge is 0.147 e.